The lowest BCUT2D eigenvalue weighted by molar-refractivity contribution is -0.151. The molecular formula is C13H15NO3. The lowest BCUT2D eigenvalue weighted by Crippen LogP contribution is -2.30. The van der Waals surface area contributed by atoms with Crippen LogP contribution in [0.2, 0.25) is 0 Å². The van der Waals surface area contributed by atoms with Crippen LogP contribution in [0, 0.1) is 11.8 Å². The summed E-state index contributed by atoms with van der Waals surface area (Å²) in [6.07, 6.45) is 0.748. The third-order valence-electron chi connectivity index (χ3n) is 3.23. The Bertz CT molecular complexity index is 416. The van der Waals surface area contributed by atoms with Crippen LogP contribution in [0.25, 0.3) is 0 Å². The Morgan fingerprint density at radius 1 is 1.24 bits per heavy atom. The van der Waals surface area contributed by atoms with Crippen LogP contribution in [-0.4, -0.2) is 29.9 Å². The number of ketones is 1. The van der Waals surface area contributed by atoms with Crippen molar-refractivity contribution in [1.29, 1.82) is 0 Å². The molecule has 90 valence electrons. The molecule has 1 heterocycles. The third kappa shape index (κ3) is 2.71. The molecule has 0 spiro atoms. The van der Waals surface area contributed by atoms with Crippen LogP contribution in [0.4, 0.5) is 0 Å². The quantitative estimate of drug-likeness (QED) is 0.752. The average Bonchev–Trinajstić information content (AvgIpc) is 2.77. The van der Waals surface area contributed by atoms with E-state index in [0.29, 0.717) is 13.1 Å². The third-order valence-corrected chi connectivity index (χ3v) is 3.23. The molecule has 1 saturated heterocycles. The number of carboxylic acid groups (broad SMARTS) is 1. The van der Waals surface area contributed by atoms with Gasteiger partial charge in [0.2, 0.25) is 5.78 Å². The highest BCUT2D eigenvalue weighted by Crippen LogP contribution is 2.22. The standard InChI is InChI=1S/C13H15NO3/c15-12(13(16)17)11-8-14-7-10(11)6-9-4-2-1-3-5-9/h1-5,10-11,14H,6-8H2,(H,16,17)/t10-,11-/m0/s1. The fourth-order valence-corrected chi connectivity index (χ4v) is 2.33. The number of carboxylic acids is 1. The molecule has 1 aromatic rings. The van der Waals surface area contributed by atoms with Crippen molar-refractivity contribution < 1.29 is 14.7 Å². The van der Waals surface area contributed by atoms with Gasteiger partial charge in [-0.25, -0.2) is 4.79 Å². The van der Waals surface area contributed by atoms with E-state index in [9.17, 15) is 9.59 Å². The van der Waals surface area contributed by atoms with E-state index in [1.807, 2.05) is 30.3 Å². The summed E-state index contributed by atoms with van der Waals surface area (Å²) in [6.45, 7) is 1.18. The first-order chi connectivity index (χ1) is 8.18. The van der Waals surface area contributed by atoms with E-state index < -0.39 is 17.7 Å². The van der Waals surface area contributed by atoms with Crippen molar-refractivity contribution in [3.8, 4) is 0 Å². The Kier molecular flexibility index (Phi) is 3.54. The van der Waals surface area contributed by atoms with Gasteiger partial charge in [0, 0.05) is 12.5 Å². The van der Waals surface area contributed by atoms with Gasteiger partial charge in [0.15, 0.2) is 0 Å². The second kappa shape index (κ2) is 5.10. The van der Waals surface area contributed by atoms with Crippen LogP contribution in [0.3, 0.4) is 0 Å². The van der Waals surface area contributed by atoms with Crippen LogP contribution < -0.4 is 5.32 Å². The topological polar surface area (TPSA) is 66.4 Å². The fourth-order valence-electron chi connectivity index (χ4n) is 2.33. The largest absolute Gasteiger partial charge is 0.475 e. The lowest BCUT2D eigenvalue weighted by Gasteiger charge is -2.15. The second-order valence-corrected chi connectivity index (χ2v) is 4.38. The summed E-state index contributed by atoms with van der Waals surface area (Å²) in [5, 5.41) is 11.8. The van der Waals surface area contributed by atoms with E-state index in [0.717, 1.165) is 12.0 Å². The first-order valence-electron chi connectivity index (χ1n) is 5.70. The number of rotatable bonds is 4. The van der Waals surface area contributed by atoms with Crippen molar-refractivity contribution >= 4 is 11.8 Å². The summed E-state index contributed by atoms with van der Waals surface area (Å²) in [4.78, 5) is 22.2. The van der Waals surface area contributed by atoms with Gasteiger partial charge in [-0.15, -0.1) is 0 Å². The van der Waals surface area contributed by atoms with Gasteiger partial charge in [-0.3, -0.25) is 4.79 Å². The molecule has 0 saturated carbocycles. The highest BCUT2D eigenvalue weighted by molar-refractivity contribution is 6.33. The maximum absolute atomic E-state index is 11.5. The highest BCUT2D eigenvalue weighted by atomic mass is 16.4. The molecule has 1 aromatic carbocycles. The molecule has 1 fully saturated rings. The number of carbonyl (C=O) groups excluding carboxylic acids is 1. The fraction of sp³-hybridized carbons (Fsp3) is 0.385. The van der Waals surface area contributed by atoms with Crippen molar-refractivity contribution in [2.24, 2.45) is 11.8 Å². The Hall–Kier alpha value is -1.68. The predicted molar refractivity (Wildman–Crippen MR) is 62.6 cm³/mol. The van der Waals surface area contributed by atoms with E-state index in [1.165, 1.54) is 0 Å². The zero-order valence-corrected chi connectivity index (χ0v) is 9.43. The number of carbonyl (C=O) groups is 2. The van der Waals surface area contributed by atoms with Gasteiger partial charge >= 0.3 is 5.97 Å². The molecular weight excluding hydrogens is 218 g/mol. The Morgan fingerprint density at radius 2 is 1.94 bits per heavy atom. The molecule has 1 aliphatic rings. The van der Waals surface area contributed by atoms with Gasteiger partial charge in [-0.2, -0.15) is 0 Å². The lowest BCUT2D eigenvalue weighted by atomic mass is 9.87. The van der Waals surface area contributed by atoms with E-state index in [2.05, 4.69) is 5.32 Å². The molecule has 4 nitrogen and oxygen atoms in total. The zero-order valence-electron chi connectivity index (χ0n) is 9.43. The maximum Gasteiger partial charge on any atom is 0.372 e. The molecule has 0 aromatic heterocycles. The normalized spacial score (nSPS) is 23.5. The van der Waals surface area contributed by atoms with Gasteiger partial charge in [-0.05, 0) is 24.4 Å². The number of hydrogen-bond donors (Lipinski definition) is 2. The number of benzene rings is 1. The average molecular weight is 233 g/mol. The molecule has 0 aliphatic carbocycles. The summed E-state index contributed by atoms with van der Waals surface area (Å²) in [5.74, 6) is -2.30. The summed E-state index contributed by atoms with van der Waals surface area (Å²) in [5.41, 5.74) is 1.14. The number of nitrogens with one attached hydrogen (secondary N) is 1. The molecule has 0 unspecified atom stereocenters. The SMILES string of the molecule is O=C(O)C(=O)[C@H]1CNC[C@@H]1Cc1ccccc1. The monoisotopic (exact) mass is 233 g/mol. The maximum atomic E-state index is 11.5. The molecule has 17 heavy (non-hydrogen) atoms. The van der Waals surface area contributed by atoms with E-state index >= 15 is 0 Å². The van der Waals surface area contributed by atoms with E-state index in [4.69, 9.17) is 5.11 Å². The van der Waals surface area contributed by atoms with Gasteiger partial charge in [0.05, 0.1) is 0 Å². The molecule has 4 heteroatoms. The molecule has 0 bridgehead atoms. The van der Waals surface area contributed by atoms with E-state index in [-0.39, 0.29) is 5.92 Å². The van der Waals surface area contributed by atoms with Gasteiger partial charge in [-0.1, -0.05) is 30.3 Å². The number of Topliss-reactive ketones (excluding diaryl/α,β-unsaturated/α-hetero) is 1. The van der Waals surface area contributed by atoms with Gasteiger partial charge in [0.25, 0.3) is 0 Å². The molecule has 0 radical (unpaired) electrons. The van der Waals surface area contributed by atoms with Crippen LogP contribution >= 0.6 is 0 Å². The van der Waals surface area contributed by atoms with Crippen molar-refractivity contribution in [2.75, 3.05) is 13.1 Å². The molecule has 2 N–H and O–H groups in total. The van der Waals surface area contributed by atoms with Crippen molar-refractivity contribution in [1.82, 2.24) is 5.32 Å². The number of hydrogen-bond acceptors (Lipinski definition) is 3. The second-order valence-electron chi connectivity index (χ2n) is 4.38. The highest BCUT2D eigenvalue weighted by Gasteiger charge is 2.35. The smallest absolute Gasteiger partial charge is 0.372 e. The minimum Gasteiger partial charge on any atom is -0.475 e. The molecule has 2 atom stereocenters. The van der Waals surface area contributed by atoms with Crippen molar-refractivity contribution in [3.63, 3.8) is 0 Å². The Morgan fingerprint density at radius 3 is 2.59 bits per heavy atom. The van der Waals surface area contributed by atoms with Crippen LogP contribution in [0.1, 0.15) is 5.56 Å². The minimum atomic E-state index is -1.32. The van der Waals surface area contributed by atoms with Crippen molar-refractivity contribution in [2.45, 2.75) is 6.42 Å². The van der Waals surface area contributed by atoms with Gasteiger partial charge in [0.1, 0.15) is 0 Å². The summed E-state index contributed by atoms with van der Waals surface area (Å²) >= 11 is 0. The van der Waals surface area contributed by atoms with Crippen LogP contribution in [-0.2, 0) is 16.0 Å². The molecule has 1 aliphatic heterocycles. The van der Waals surface area contributed by atoms with Crippen LogP contribution in [0.15, 0.2) is 30.3 Å². The number of aliphatic carboxylic acids is 1. The Balaban J connectivity index is 2.05. The Labute approximate surface area is 99.6 Å². The summed E-state index contributed by atoms with van der Waals surface area (Å²) < 4.78 is 0. The molecule has 0 amide bonds. The zero-order chi connectivity index (χ0) is 12.3. The molecule has 2 rings (SSSR count). The first-order valence-corrected chi connectivity index (χ1v) is 5.70. The summed E-state index contributed by atoms with van der Waals surface area (Å²) in [6, 6.07) is 9.84. The van der Waals surface area contributed by atoms with Crippen molar-refractivity contribution in [3.05, 3.63) is 35.9 Å². The van der Waals surface area contributed by atoms with E-state index in [1.54, 1.807) is 0 Å². The first kappa shape index (κ1) is 11.8. The van der Waals surface area contributed by atoms with Crippen LogP contribution in [0.5, 0.6) is 0 Å². The minimum absolute atomic E-state index is 0.0843. The summed E-state index contributed by atoms with van der Waals surface area (Å²) in [7, 11) is 0. The van der Waals surface area contributed by atoms with Gasteiger partial charge < -0.3 is 10.4 Å². The predicted octanol–water partition coefficient (Wildman–Crippen LogP) is 0.718.